The van der Waals surface area contributed by atoms with E-state index in [2.05, 4.69) is 246 Å². The second kappa shape index (κ2) is 20.3. The fourth-order valence-corrected chi connectivity index (χ4v) is 7.46. The Morgan fingerprint density at radius 3 is 0.828 bits per heavy atom. The first-order valence-electron chi connectivity index (χ1n) is 18.9. The SMILES string of the molecule is Brc1ccccc1-c1ccc(-c2ccccc2)cc1.[Li+].[NH2-].c1ccc(-c2ccc(-c3ccccc3Nc3ccccc3-c3ccc(-c4ccccc4)cc3)cc2)cc1. The molecule has 0 fully saturated rings. The van der Waals surface area contributed by atoms with E-state index < -0.39 is 0 Å². The first kappa shape index (κ1) is 41.5. The molecule has 0 aliphatic heterocycles. The van der Waals surface area contributed by atoms with Gasteiger partial charge < -0.3 is 11.5 Å². The Kier molecular flexibility index (Phi) is 14.5. The predicted octanol–water partition coefficient (Wildman–Crippen LogP) is 13.6. The molecule has 9 rings (SSSR count). The quantitative estimate of drug-likeness (QED) is 0.153. The van der Waals surface area contributed by atoms with Crippen LogP contribution >= 0.6 is 15.9 Å². The van der Waals surface area contributed by atoms with Crippen molar-refractivity contribution in [2.45, 2.75) is 0 Å². The van der Waals surface area contributed by atoms with Crippen molar-refractivity contribution in [3.8, 4) is 66.8 Å². The number of hydrogen-bond donors (Lipinski definition) is 1. The minimum atomic E-state index is 0. The van der Waals surface area contributed by atoms with Gasteiger partial charge in [-0.15, -0.1) is 0 Å². The molecular formula is C54H42BrLiN2. The zero-order valence-corrected chi connectivity index (χ0v) is 34.1. The molecule has 0 radical (unpaired) electrons. The van der Waals surface area contributed by atoms with Gasteiger partial charge in [0.15, 0.2) is 0 Å². The van der Waals surface area contributed by atoms with Gasteiger partial charge in [-0.2, -0.15) is 0 Å². The fraction of sp³-hybridized carbons (Fsp3) is 0. The molecule has 4 heteroatoms. The number of para-hydroxylation sites is 2. The third-order valence-corrected chi connectivity index (χ3v) is 10.6. The minimum Gasteiger partial charge on any atom is -0.693 e. The van der Waals surface area contributed by atoms with E-state index in [4.69, 9.17) is 0 Å². The number of nitrogens with two attached hydrogens (primary N) is 1. The summed E-state index contributed by atoms with van der Waals surface area (Å²) in [5.41, 5.74) is 16.8. The average molecular weight is 806 g/mol. The van der Waals surface area contributed by atoms with Crippen LogP contribution in [0.3, 0.4) is 0 Å². The summed E-state index contributed by atoms with van der Waals surface area (Å²) < 4.78 is 1.13. The maximum absolute atomic E-state index is 3.73. The van der Waals surface area contributed by atoms with E-state index in [9.17, 15) is 0 Å². The van der Waals surface area contributed by atoms with Crippen LogP contribution in [0.4, 0.5) is 11.4 Å². The van der Waals surface area contributed by atoms with Crippen molar-refractivity contribution in [1.29, 1.82) is 0 Å². The first-order valence-corrected chi connectivity index (χ1v) is 19.7. The molecule has 9 aromatic rings. The van der Waals surface area contributed by atoms with Gasteiger partial charge in [-0.25, -0.2) is 0 Å². The average Bonchev–Trinajstić information content (AvgIpc) is 3.28. The van der Waals surface area contributed by atoms with E-state index in [0.29, 0.717) is 0 Å². The van der Waals surface area contributed by atoms with Crippen molar-refractivity contribution in [1.82, 2.24) is 0 Å². The molecule has 276 valence electrons. The monoisotopic (exact) mass is 804 g/mol. The number of benzene rings is 9. The van der Waals surface area contributed by atoms with Crippen LogP contribution in [0.25, 0.3) is 72.9 Å². The molecule has 0 atom stereocenters. The number of anilines is 2. The second-order valence-electron chi connectivity index (χ2n) is 13.5. The third-order valence-electron chi connectivity index (χ3n) is 9.91. The molecule has 2 nitrogen and oxygen atoms in total. The van der Waals surface area contributed by atoms with Gasteiger partial charge in [0, 0.05) is 27.0 Å². The largest absolute Gasteiger partial charge is 1.00 e. The van der Waals surface area contributed by atoms with Crippen LogP contribution < -0.4 is 24.2 Å². The molecular weight excluding hydrogens is 763 g/mol. The molecule has 0 amide bonds. The summed E-state index contributed by atoms with van der Waals surface area (Å²) in [4.78, 5) is 0. The molecule has 9 aromatic carbocycles. The summed E-state index contributed by atoms with van der Waals surface area (Å²) in [6.45, 7) is 0. The summed E-state index contributed by atoms with van der Waals surface area (Å²) in [7, 11) is 0. The molecule has 0 unspecified atom stereocenters. The van der Waals surface area contributed by atoms with Crippen molar-refractivity contribution >= 4 is 27.3 Å². The van der Waals surface area contributed by atoms with E-state index in [1.54, 1.807) is 0 Å². The van der Waals surface area contributed by atoms with Crippen LogP contribution in [-0.4, -0.2) is 0 Å². The summed E-state index contributed by atoms with van der Waals surface area (Å²) in [5, 5.41) is 3.73. The van der Waals surface area contributed by atoms with Gasteiger partial charge in [0.1, 0.15) is 0 Å². The Hall–Kier alpha value is -6.18. The molecule has 0 spiro atoms. The van der Waals surface area contributed by atoms with Crippen molar-refractivity contribution in [2.24, 2.45) is 0 Å². The maximum atomic E-state index is 3.73. The Labute approximate surface area is 363 Å². The zero-order valence-electron chi connectivity index (χ0n) is 32.5. The predicted molar refractivity (Wildman–Crippen MR) is 248 cm³/mol. The standard InChI is InChI=1S/C36H27N.C18H13Br.Li.H2N/c1-3-11-27(12-4-1)29-19-23-31(24-20-29)33-15-7-9-17-35(33)37-36-18-10-8-16-34(36)32-25-21-30(22-26-32)28-13-5-2-6-14-28;19-18-9-5-4-8-17(18)16-12-10-15(11-13-16)14-6-2-1-3-7-14;;/h1-26,37H;1-13H;;1H2/q;;+1;-1. The Morgan fingerprint density at radius 2 is 0.483 bits per heavy atom. The molecule has 3 N–H and O–H groups in total. The molecule has 0 saturated heterocycles. The van der Waals surface area contributed by atoms with Crippen LogP contribution in [-0.2, 0) is 0 Å². The van der Waals surface area contributed by atoms with Gasteiger partial charge in [0.05, 0.1) is 0 Å². The van der Waals surface area contributed by atoms with Gasteiger partial charge in [-0.05, 0) is 73.8 Å². The minimum absolute atomic E-state index is 0. The molecule has 0 aliphatic carbocycles. The molecule has 0 aromatic heterocycles. The Bertz CT molecular complexity index is 2500. The number of halogens is 1. The fourth-order valence-electron chi connectivity index (χ4n) is 6.95. The van der Waals surface area contributed by atoms with E-state index in [-0.39, 0.29) is 25.0 Å². The van der Waals surface area contributed by atoms with Gasteiger partial charge in [-0.1, -0.05) is 234 Å². The molecule has 0 heterocycles. The van der Waals surface area contributed by atoms with Crippen molar-refractivity contribution in [3.63, 3.8) is 0 Å². The van der Waals surface area contributed by atoms with Crippen LogP contribution in [0.2, 0.25) is 0 Å². The first-order chi connectivity index (χ1) is 27.7. The van der Waals surface area contributed by atoms with Gasteiger partial charge in [0.2, 0.25) is 0 Å². The summed E-state index contributed by atoms with van der Waals surface area (Å²) >= 11 is 3.60. The normalized spacial score (nSPS) is 10.2. The van der Waals surface area contributed by atoms with E-state index in [1.807, 2.05) is 12.1 Å². The summed E-state index contributed by atoms with van der Waals surface area (Å²) in [5.74, 6) is 0. The maximum Gasteiger partial charge on any atom is 1.00 e. The van der Waals surface area contributed by atoms with Crippen LogP contribution in [0.5, 0.6) is 0 Å². The van der Waals surface area contributed by atoms with E-state index in [1.165, 1.54) is 66.8 Å². The number of nitrogens with one attached hydrogen (secondary N) is 1. The smallest absolute Gasteiger partial charge is 0.693 e. The Morgan fingerprint density at radius 1 is 0.241 bits per heavy atom. The van der Waals surface area contributed by atoms with Gasteiger partial charge in [0.25, 0.3) is 0 Å². The van der Waals surface area contributed by atoms with E-state index in [0.717, 1.165) is 15.8 Å². The van der Waals surface area contributed by atoms with Crippen LogP contribution in [0.1, 0.15) is 0 Å². The third kappa shape index (κ3) is 10.0. The topological polar surface area (TPSA) is 45.5 Å². The second-order valence-corrected chi connectivity index (χ2v) is 14.4. The molecule has 58 heavy (non-hydrogen) atoms. The van der Waals surface area contributed by atoms with Crippen LogP contribution in [0.15, 0.2) is 241 Å². The van der Waals surface area contributed by atoms with Gasteiger partial charge in [-0.3, -0.25) is 0 Å². The van der Waals surface area contributed by atoms with Crippen LogP contribution in [0, 0.1) is 0 Å². The number of hydrogen-bond acceptors (Lipinski definition) is 1. The molecule has 0 aliphatic rings. The van der Waals surface area contributed by atoms with Gasteiger partial charge >= 0.3 is 18.9 Å². The van der Waals surface area contributed by atoms with Crippen molar-refractivity contribution < 1.29 is 18.9 Å². The number of rotatable bonds is 8. The van der Waals surface area contributed by atoms with Crippen molar-refractivity contribution in [2.75, 3.05) is 5.32 Å². The summed E-state index contributed by atoms with van der Waals surface area (Å²) in [6, 6.07) is 83.0. The Balaban J connectivity index is 0.000000228. The molecule has 0 bridgehead atoms. The van der Waals surface area contributed by atoms with Crippen molar-refractivity contribution in [3.05, 3.63) is 247 Å². The van der Waals surface area contributed by atoms with E-state index >= 15 is 0 Å². The molecule has 0 saturated carbocycles. The summed E-state index contributed by atoms with van der Waals surface area (Å²) in [6.07, 6.45) is 0. The zero-order chi connectivity index (χ0) is 37.9.